The van der Waals surface area contributed by atoms with E-state index >= 15 is 0 Å². The van der Waals surface area contributed by atoms with Crippen LogP contribution in [0.3, 0.4) is 0 Å². The molecular weight excluding hydrogens is 480 g/mol. The molecule has 1 amide bonds. The molecule has 3 rings (SSSR count). The summed E-state index contributed by atoms with van der Waals surface area (Å²) in [5.74, 6) is 0.183. The minimum atomic E-state index is -3.72. The number of nitrogens with one attached hydrogen (secondary N) is 2. The van der Waals surface area contributed by atoms with Gasteiger partial charge in [0.15, 0.2) is 6.61 Å². The molecule has 0 spiro atoms. The molecule has 2 N–H and O–H groups in total. The van der Waals surface area contributed by atoms with Gasteiger partial charge in [0.2, 0.25) is 0 Å². The first-order valence-corrected chi connectivity index (χ1v) is 11.9. The molecular formula is C23H23BrN2O4S. The summed E-state index contributed by atoms with van der Waals surface area (Å²) >= 11 is 3.39. The van der Waals surface area contributed by atoms with Crippen LogP contribution < -0.4 is 14.8 Å². The largest absolute Gasteiger partial charge is 0.484 e. The maximum Gasteiger partial charge on any atom is 0.261 e. The Morgan fingerprint density at radius 3 is 2.35 bits per heavy atom. The number of halogens is 1. The first-order chi connectivity index (χ1) is 14.7. The monoisotopic (exact) mass is 502 g/mol. The van der Waals surface area contributed by atoms with Gasteiger partial charge in [0, 0.05) is 10.2 Å². The van der Waals surface area contributed by atoms with E-state index < -0.39 is 10.0 Å². The summed E-state index contributed by atoms with van der Waals surface area (Å²) in [4.78, 5) is 12.4. The molecule has 1 unspecified atom stereocenters. The molecule has 0 heterocycles. The SMILES string of the molecule is Cc1cc(S(=O)(=O)Nc2ccccc2)ccc1OCC(=O)NC(C)c1ccc(Br)cc1. The van der Waals surface area contributed by atoms with Crippen LogP contribution >= 0.6 is 15.9 Å². The number of para-hydroxylation sites is 1. The first-order valence-electron chi connectivity index (χ1n) is 9.61. The highest BCUT2D eigenvalue weighted by Gasteiger charge is 2.16. The normalized spacial score (nSPS) is 12.1. The molecule has 0 fully saturated rings. The van der Waals surface area contributed by atoms with Crippen molar-refractivity contribution in [2.24, 2.45) is 0 Å². The van der Waals surface area contributed by atoms with Gasteiger partial charge in [-0.05, 0) is 67.4 Å². The number of sulfonamides is 1. The molecule has 31 heavy (non-hydrogen) atoms. The number of carbonyl (C=O) groups is 1. The van der Waals surface area contributed by atoms with Crippen molar-refractivity contribution in [3.05, 3.63) is 88.4 Å². The van der Waals surface area contributed by atoms with Crippen LogP contribution in [-0.2, 0) is 14.8 Å². The highest BCUT2D eigenvalue weighted by molar-refractivity contribution is 9.10. The summed E-state index contributed by atoms with van der Waals surface area (Å²) in [7, 11) is -3.72. The van der Waals surface area contributed by atoms with E-state index in [0.29, 0.717) is 17.0 Å². The Hall–Kier alpha value is -2.84. The van der Waals surface area contributed by atoms with Crippen molar-refractivity contribution in [3.8, 4) is 5.75 Å². The Labute approximate surface area is 190 Å². The first kappa shape index (κ1) is 22.8. The Bertz CT molecular complexity index is 1150. The van der Waals surface area contributed by atoms with E-state index in [1.165, 1.54) is 12.1 Å². The fourth-order valence-electron chi connectivity index (χ4n) is 2.93. The summed E-state index contributed by atoms with van der Waals surface area (Å²) in [6, 6.07) is 20.7. The van der Waals surface area contributed by atoms with E-state index in [1.807, 2.05) is 37.3 Å². The number of carbonyl (C=O) groups excluding carboxylic acids is 1. The lowest BCUT2D eigenvalue weighted by Crippen LogP contribution is -2.31. The number of hydrogen-bond acceptors (Lipinski definition) is 4. The van der Waals surface area contributed by atoms with Gasteiger partial charge in [-0.2, -0.15) is 0 Å². The molecule has 6 nitrogen and oxygen atoms in total. The van der Waals surface area contributed by atoms with Crippen LogP contribution in [0.4, 0.5) is 5.69 Å². The van der Waals surface area contributed by atoms with E-state index in [0.717, 1.165) is 10.0 Å². The summed E-state index contributed by atoms with van der Waals surface area (Å²) in [6.07, 6.45) is 0. The van der Waals surface area contributed by atoms with E-state index in [2.05, 4.69) is 26.0 Å². The van der Waals surface area contributed by atoms with Crippen LogP contribution in [0.1, 0.15) is 24.1 Å². The zero-order valence-electron chi connectivity index (χ0n) is 17.1. The van der Waals surface area contributed by atoms with Crippen molar-refractivity contribution in [1.82, 2.24) is 5.32 Å². The Kier molecular flexibility index (Phi) is 7.35. The number of anilines is 1. The van der Waals surface area contributed by atoms with Gasteiger partial charge in [-0.3, -0.25) is 9.52 Å². The zero-order chi connectivity index (χ0) is 22.4. The summed E-state index contributed by atoms with van der Waals surface area (Å²) in [6.45, 7) is 3.46. The maximum atomic E-state index is 12.6. The van der Waals surface area contributed by atoms with Gasteiger partial charge in [0.05, 0.1) is 10.9 Å². The quantitative estimate of drug-likeness (QED) is 0.462. The Morgan fingerprint density at radius 1 is 1.03 bits per heavy atom. The van der Waals surface area contributed by atoms with Crippen molar-refractivity contribution in [2.45, 2.75) is 24.8 Å². The topological polar surface area (TPSA) is 84.5 Å². The predicted octanol–water partition coefficient (Wildman–Crippen LogP) is 4.81. The second-order valence-corrected chi connectivity index (χ2v) is 9.63. The molecule has 0 aliphatic heterocycles. The fraction of sp³-hybridized carbons (Fsp3) is 0.174. The van der Waals surface area contributed by atoms with Crippen molar-refractivity contribution in [3.63, 3.8) is 0 Å². The molecule has 0 aromatic heterocycles. The van der Waals surface area contributed by atoms with E-state index in [1.54, 1.807) is 37.3 Å². The molecule has 3 aromatic carbocycles. The highest BCUT2D eigenvalue weighted by Crippen LogP contribution is 2.24. The molecule has 0 aliphatic carbocycles. The molecule has 162 valence electrons. The fourth-order valence-corrected chi connectivity index (χ4v) is 4.34. The van der Waals surface area contributed by atoms with E-state index in [-0.39, 0.29) is 23.5 Å². The second kappa shape index (κ2) is 9.98. The Balaban J connectivity index is 1.60. The molecule has 3 aromatic rings. The zero-order valence-corrected chi connectivity index (χ0v) is 19.5. The van der Waals surface area contributed by atoms with Gasteiger partial charge in [-0.15, -0.1) is 0 Å². The summed E-state index contributed by atoms with van der Waals surface area (Å²) in [5, 5.41) is 2.88. The third-order valence-corrected chi connectivity index (χ3v) is 6.50. The van der Waals surface area contributed by atoms with Crippen LogP contribution in [0, 0.1) is 6.92 Å². The van der Waals surface area contributed by atoms with Gasteiger partial charge in [0.25, 0.3) is 15.9 Å². The standard InChI is InChI=1S/C23H23BrN2O4S/c1-16-14-21(31(28,29)26-20-6-4-3-5-7-20)12-13-22(16)30-15-23(27)25-17(2)18-8-10-19(24)11-9-18/h3-14,17,26H,15H2,1-2H3,(H,25,27). The van der Waals surface area contributed by atoms with Gasteiger partial charge in [-0.1, -0.05) is 46.3 Å². The number of hydrogen-bond donors (Lipinski definition) is 2. The van der Waals surface area contributed by atoms with Crippen molar-refractivity contribution < 1.29 is 17.9 Å². The lowest BCUT2D eigenvalue weighted by Gasteiger charge is -2.16. The summed E-state index contributed by atoms with van der Waals surface area (Å²) in [5.41, 5.74) is 2.08. The van der Waals surface area contributed by atoms with Gasteiger partial charge in [0.1, 0.15) is 5.75 Å². The number of aryl methyl sites for hydroxylation is 1. The molecule has 0 saturated heterocycles. The third kappa shape index (κ3) is 6.32. The second-order valence-electron chi connectivity index (χ2n) is 7.03. The van der Waals surface area contributed by atoms with Crippen LogP contribution in [0.5, 0.6) is 5.75 Å². The maximum absolute atomic E-state index is 12.6. The summed E-state index contributed by atoms with van der Waals surface area (Å²) < 4.78 is 34.3. The molecule has 8 heteroatoms. The van der Waals surface area contributed by atoms with E-state index in [9.17, 15) is 13.2 Å². The van der Waals surface area contributed by atoms with Crippen molar-refractivity contribution in [1.29, 1.82) is 0 Å². The van der Waals surface area contributed by atoms with Crippen LogP contribution in [0.25, 0.3) is 0 Å². The Morgan fingerprint density at radius 2 is 1.71 bits per heavy atom. The number of ether oxygens (including phenoxy) is 1. The lowest BCUT2D eigenvalue weighted by molar-refractivity contribution is -0.123. The molecule has 0 aliphatic rings. The minimum absolute atomic E-state index is 0.120. The van der Waals surface area contributed by atoms with Crippen LogP contribution in [0.2, 0.25) is 0 Å². The number of rotatable bonds is 8. The number of benzene rings is 3. The van der Waals surface area contributed by atoms with Gasteiger partial charge >= 0.3 is 0 Å². The predicted molar refractivity (Wildman–Crippen MR) is 125 cm³/mol. The van der Waals surface area contributed by atoms with Gasteiger partial charge in [-0.25, -0.2) is 8.42 Å². The van der Waals surface area contributed by atoms with Gasteiger partial charge < -0.3 is 10.1 Å². The number of amides is 1. The third-order valence-electron chi connectivity index (χ3n) is 4.59. The van der Waals surface area contributed by atoms with Crippen LogP contribution in [-0.4, -0.2) is 20.9 Å². The molecule has 0 bridgehead atoms. The van der Waals surface area contributed by atoms with Crippen molar-refractivity contribution in [2.75, 3.05) is 11.3 Å². The molecule has 0 radical (unpaired) electrons. The van der Waals surface area contributed by atoms with Crippen molar-refractivity contribution >= 4 is 37.5 Å². The average Bonchev–Trinajstić information content (AvgIpc) is 2.73. The minimum Gasteiger partial charge on any atom is -0.484 e. The average molecular weight is 503 g/mol. The van der Waals surface area contributed by atoms with E-state index in [4.69, 9.17) is 4.74 Å². The molecule has 0 saturated carbocycles. The smallest absolute Gasteiger partial charge is 0.261 e. The highest BCUT2D eigenvalue weighted by atomic mass is 79.9. The lowest BCUT2D eigenvalue weighted by atomic mass is 10.1. The van der Waals surface area contributed by atoms with Crippen LogP contribution in [0.15, 0.2) is 82.2 Å². The molecule has 1 atom stereocenters.